The molecule has 1 heterocycles. The Hall–Kier alpha value is -1.87. The second kappa shape index (κ2) is 9.09. The number of hydrogen-bond donors (Lipinski definition) is 1. The SMILES string of the molecule is CC(=CC(=O)NC1CCN(CCS(C)(=O)=O)CC1)c1ccc(C(F)(F)F)cc1. The van der Waals surface area contributed by atoms with Crippen LogP contribution >= 0.6 is 0 Å². The number of hydrogen-bond acceptors (Lipinski definition) is 4. The quantitative estimate of drug-likeness (QED) is 0.722. The van der Waals surface area contributed by atoms with E-state index in [-0.39, 0.29) is 17.7 Å². The molecule has 1 amide bonds. The van der Waals surface area contributed by atoms with Crippen LogP contribution in [0.1, 0.15) is 30.9 Å². The molecule has 0 saturated carbocycles. The molecule has 0 radical (unpaired) electrons. The van der Waals surface area contributed by atoms with Crippen molar-refractivity contribution in [2.24, 2.45) is 0 Å². The van der Waals surface area contributed by atoms with Crippen molar-refractivity contribution in [2.45, 2.75) is 32.0 Å². The van der Waals surface area contributed by atoms with E-state index < -0.39 is 21.6 Å². The van der Waals surface area contributed by atoms with Gasteiger partial charge >= 0.3 is 6.18 Å². The zero-order valence-electron chi connectivity index (χ0n) is 15.9. The number of piperidine rings is 1. The molecular formula is C19H25F3N2O3S. The first-order valence-electron chi connectivity index (χ1n) is 9.00. The smallest absolute Gasteiger partial charge is 0.350 e. The molecule has 156 valence electrons. The van der Waals surface area contributed by atoms with Gasteiger partial charge in [0.25, 0.3) is 0 Å². The monoisotopic (exact) mass is 418 g/mol. The highest BCUT2D eigenvalue weighted by Crippen LogP contribution is 2.30. The van der Waals surface area contributed by atoms with Gasteiger partial charge in [-0.05, 0) is 43.0 Å². The molecule has 1 aliphatic rings. The minimum Gasteiger partial charge on any atom is -0.350 e. The van der Waals surface area contributed by atoms with E-state index in [1.54, 1.807) is 6.92 Å². The Bertz CT molecular complexity index is 810. The first-order valence-corrected chi connectivity index (χ1v) is 11.1. The number of halogens is 3. The van der Waals surface area contributed by atoms with Crippen LogP contribution in [-0.4, -0.2) is 56.9 Å². The summed E-state index contributed by atoms with van der Waals surface area (Å²) >= 11 is 0. The summed E-state index contributed by atoms with van der Waals surface area (Å²) in [5.41, 5.74) is 0.409. The molecule has 1 aromatic rings. The Kier molecular flexibility index (Phi) is 7.28. The summed E-state index contributed by atoms with van der Waals surface area (Å²) in [5, 5.41) is 2.91. The largest absolute Gasteiger partial charge is 0.416 e. The molecule has 0 aliphatic carbocycles. The molecule has 1 N–H and O–H groups in total. The number of likely N-dealkylation sites (tertiary alicyclic amines) is 1. The van der Waals surface area contributed by atoms with E-state index in [0.717, 1.165) is 25.0 Å². The molecule has 1 fully saturated rings. The van der Waals surface area contributed by atoms with Crippen molar-refractivity contribution in [1.29, 1.82) is 0 Å². The molecule has 0 aromatic heterocycles. The maximum atomic E-state index is 12.6. The van der Waals surface area contributed by atoms with Gasteiger partial charge in [0.2, 0.25) is 5.91 Å². The van der Waals surface area contributed by atoms with Crippen LogP contribution in [0, 0.1) is 0 Å². The van der Waals surface area contributed by atoms with Crippen molar-refractivity contribution in [3.8, 4) is 0 Å². The molecule has 5 nitrogen and oxygen atoms in total. The Morgan fingerprint density at radius 2 is 1.79 bits per heavy atom. The molecule has 1 aromatic carbocycles. The number of carbonyl (C=O) groups excluding carboxylic acids is 1. The fourth-order valence-electron chi connectivity index (χ4n) is 3.04. The first kappa shape index (κ1) is 22.4. The van der Waals surface area contributed by atoms with Gasteiger partial charge in [-0.2, -0.15) is 13.2 Å². The topological polar surface area (TPSA) is 66.5 Å². The van der Waals surface area contributed by atoms with Crippen LogP contribution in [0.25, 0.3) is 5.57 Å². The summed E-state index contributed by atoms with van der Waals surface area (Å²) in [7, 11) is -2.99. The maximum Gasteiger partial charge on any atom is 0.416 e. The summed E-state index contributed by atoms with van der Waals surface area (Å²) in [6.45, 7) is 3.59. The van der Waals surface area contributed by atoms with Crippen molar-refractivity contribution in [1.82, 2.24) is 10.2 Å². The summed E-state index contributed by atoms with van der Waals surface area (Å²) in [4.78, 5) is 14.3. The van der Waals surface area contributed by atoms with Crippen molar-refractivity contribution in [2.75, 3.05) is 31.6 Å². The van der Waals surface area contributed by atoms with Gasteiger partial charge in [0, 0.05) is 38.0 Å². The van der Waals surface area contributed by atoms with Gasteiger partial charge in [-0.3, -0.25) is 4.79 Å². The molecule has 0 unspecified atom stereocenters. The summed E-state index contributed by atoms with van der Waals surface area (Å²) in [6, 6.07) is 4.69. The van der Waals surface area contributed by atoms with Gasteiger partial charge in [0.15, 0.2) is 0 Å². The summed E-state index contributed by atoms with van der Waals surface area (Å²) in [6.07, 6.45) is -0.334. The number of allylic oxidation sites excluding steroid dienone is 1. The van der Waals surface area contributed by atoms with E-state index in [9.17, 15) is 26.4 Å². The molecule has 2 rings (SSSR count). The Labute approximate surface area is 163 Å². The predicted octanol–water partition coefficient (Wildman–Crippen LogP) is 2.73. The third kappa shape index (κ3) is 7.27. The van der Waals surface area contributed by atoms with E-state index in [1.165, 1.54) is 24.5 Å². The molecule has 1 aliphatic heterocycles. The number of nitrogens with zero attached hydrogens (tertiary/aromatic N) is 1. The highest BCUT2D eigenvalue weighted by Gasteiger charge is 2.30. The van der Waals surface area contributed by atoms with Gasteiger partial charge in [-0.25, -0.2) is 8.42 Å². The molecular weight excluding hydrogens is 393 g/mol. The van der Waals surface area contributed by atoms with Gasteiger partial charge in [-0.15, -0.1) is 0 Å². The number of alkyl halides is 3. The lowest BCUT2D eigenvalue weighted by molar-refractivity contribution is -0.137. The van der Waals surface area contributed by atoms with Crippen molar-refractivity contribution < 1.29 is 26.4 Å². The summed E-state index contributed by atoms with van der Waals surface area (Å²) in [5.74, 6) is -0.161. The molecule has 0 spiro atoms. The summed E-state index contributed by atoms with van der Waals surface area (Å²) < 4.78 is 60.3. The van der Waals surface area contributed by atoms with Crippen LogP contribution in [0.15, 0.2) is 30.3 Å². The van der Waals surface area contributed by atoms with Gasteiger partial charge in [0.1, 0.15) is 9.84 Å². The number of nitrogens with one attached hydrogen (secondary N) is 1. The molecule has 0 bridgehead atoms. The lowest BCUT2D eigenvalue weighted by Crippen LogP contribution is -2.45. The number of rotatable bonds is 6. The lowest BCUT2D eigenvalue weighted by atomic mass is 10.0. The average molecular weight is 418 g/mol. The van der Waals surface area contributed by atoms with Crippen molar-refractivity contribution in [3.63, 3.8) is 0 Å². The van der Waals surface area contributed by atoms with Crippen LogP contribution in [-0.2, 0) is 20.8 Å². The first-order chi connectivity index (χ1) is 12.9. The zero-order valence-corrected chi connectivity index (χ0v) is 16.7. The van der Waals surface area contributed by atoms with E-state index in [0.29, 0.717) is 30.8 Å². The van der Waals surface area contributed by atoms with E-state index in [2.05, 4.69) is 10.2 Å². The van der Waals surface area contributed by atoms with E-state index in [1.807, 2.05) is 0 Å². The fourth-order valence-corrected chi connectivity index (χ4v) is 3.63. The average Bonchev–Trinajstić information content (AvgIpc) is 2.59. The van der Waals surface area contributed by atoms with Gasteiger partial charge in [0.05, 0.1) is 11.3 Å². The van der Waals surface area contributed by atoms with Crippen molar-refractivity contribution in [3.05, 3.63) is 41.5 Å². The second-order valence-electron chi connectivity index (χ2n) is 7.16. The maximum absolute atomic E-state index is 12.6. The number of sulfone groups is 1. The third-order valence-corrected chi connectivity index (χ3v) is 5.65. The Balaban J connectivity index is 1.85. The highest BCUT2D eigenvalue weighted by molar-refractivity contribution is 7.90. The second-order valence-corrected chi connectivity index (χ2v) is 9.42. The normalized spacial score (nSPS) is 17.5. The standard InChI is InChI=1S/C19H25F3N2O3S/c1-14(15-3-5-16(6-4-15)19(20,21)22)13-18(25)23-17-7-9-24(10-8-17)11-12-28(2,26)27/h3-6,13,17H,7-12H2,1-2H3,(H,23,25). The predicted molar refractivity (Wildman–Crippen MR) is 102 cm³/mol. The fraction of sp³-hybridized carbons (Fsp3) is 0.526. The van der Waals surface area contributed by atoms with Crippen LogP contribution < -0.4 is 5.32 Å². The molecule has 0 atom stereocenters. The van der Waals surface area contributed by atoms with Gasteiger partial charge < -0.3 is 10.2 Å². The van der Waals surface area contributed by atoms with E-state index >= 15 is 0 Å². The molecule has 9 heteroatoms. The number of benzene rings is 1. The Morgan fingerprint density at radius 3 is 2.29 bits per heavy atom. The minimum atomic E-state index is -4.39. The van der Waals surface area contributed by atoms with E-state index in [4.69, 9.17) is 0 Å². The van der Waals surface area contributed by atoms with Crippen LogP contribution in [0.5, 0.6) is 0 Å². The number of amides is 1. The lowest BCUT2D eigenvalue weighted by Gasteiger charge is -2.31. The molecule has 1 saturated heterocycles. The van der Waals surface area contributed by atoms with Crippen LogP contribution in [0.3, 0.4) is 0 Å². The zero-order chi connectivity index (χ0) is 20.9. The molecule has 28 heavy (non-hydrogen) atoms. The highest BCUT2D eigenvalue weighted by atomic mass is 32.2. The van der Waals surface area contributed by atoms with Gasteiger partial charge in [-0.1, -0.05) is 12.1 Å². The third-order valence-electron chi connectivity index (χ3n) is 4.73. The Morgan fingerprint density at radius 1 is 1.21 bits per heavy atom. The minimum absolute atomic E-state index is 0.00126. The van der Waals surface area contributed by atoms with Crippen molar-refractivity contribution >= 4 is 21.3 Å². The number of carbonyl (C=O) groups is 1. The van der Waals surface area contributed by atoms with Crippen LogP contribution in [0.2, 0.25) is 0 Å². The van der Waals surface area contributed by atoms with Crippen LogP contribution in [0.4, 0.5) is 13.2 Å².